The quantitative estimate of drug-likeness (QED) is 0.0328. The number of H-pyrrole nitrogens is 1. The van der Waals surface area contributed by atoms with Crippen molar-refractivity contribution in [2.45, 2.75) is 139 Å². The molecule has 2 bridgehead atoms. The summed E-state index contributed by atoms with van der Waals surface area (Å²) in [5.74, 6) is -12.1. The minimum Gasteiger partial charge on any atom is -0.496 e. The van der Waals surface area contributed by atoms with Gasteiger partial charge in [-0.2, -0.15) is 11.8 Å². The monoisotopic (exact) mass is 1450 g/mol. The molecular formula is C66H103N9O23S2. The maximum atomic E-state index is 15.4. The maximum Gasteiger partial charge on any atom is 0.246 e. The number of rotatable bonds is 39. The number of hydrogen-bond donors (Lipinski definition) is 11. The molecule has 3 aliphatic heterocycles. The molecule has 0 aliphatic carbocycles. The van der Waals surface area contributed by atoms with Crippen LogP contribution in [0.25, 0.3) is 10.9 Å². The number of unbranched alkanes of at least 4 members (excludes halogenated alkanes) is 1. The summed E-state index contributed by atoms with van der Waals surface area (Å²) < 4.78 is 59.5. The van der Waals surface area contributed by atoms with Crippen LogP contribution in [0.5, 0.6) is 5.75 Å². The van der Waals surface area contributed by atoms with Crippen LogP contribution in [0.3, 0.4) is 0 Å². The molecule has 562 valence electrons. The molecule has 34 heteroatoms. The fourth-order valence-electron chi connectivity index (χ4n) is 11.3. The predicted octanol–water partition coefficient (Wildman–Crippen LogP) is -1.82. The van der Waals surface area contributed by atoms with Crippen LogP contribution in [0.2, 0.25) is 0 Å². The molecule has 11 atom stereocenters. The third-order valence-electron chi connectivity index (χ3n) is 17.2. The van der Waals surface area contributed by atoms with Gasteiger partial charge in [0.2, 0.25) is 47.3 Å². The number of fused-ring (bicyclic) bond motifs is 5. The zero-order chi connectivity index (χ0) is 73.1. The first-order valence-corrected chi connectivity index (χ1v) is 36.5. The molecule has 1 unspecified atom stereocenters. The number of hydrogen-bond acceptors (Lipinski definition) is 24. The van der Waals surface area contributed by atoms with Crippen LogP contribution in [0.15, 0.2) is 17.2 Å². The minimum atomic E-state index is -2.41. The summed E-state index contributed by atoms with van der Waals surface area (Å²) in [6.45, 7) is 9.29. The molecule has 4 heterocycles. The van der Waals surface area contributed by atoms with Gasteiger partial charge in [0, 0.05) is 79.6 Å². The molecule has 5 rings (SSSR count). The van der Waals surface area contributed by atoms with Crippen molar-refractivity contribution in [2.75, 3.05) is 144 Å². The van der Waals surface area contributed by atoms with E-state index in [-0.39, 0.29) is 54.1 Å². The number of ketones is 3. The second kappa shape index (κ2) is 45.4. The topological polar surface area (TPSA) is 457 Å². The van der Waals surface area contributed by atoms with E-state index in [0.717, 1.165) is 4.90 Å². The van der Waals surface area contributed by atoms with Crippen molar-refractivity contribution >= 4 is 98.1 Å². The molecule has 0 radical (unpaired) electrons. The number of nitrogens with one attached hydrogen (secondary N) is 7. The Kier molecular flexibility index (Phi) is 38.2. The number of carbonyl (C=O) groups excluding carboxylic acids is 11. The van der Waals surface area contributed by atoms with Crippen LogP contribution in [-0.2, 0) is 109 Å². The number of amides is 8. The number of aromatic nitrogens is 1. The standard InChI is InChI=1S/C66H103N9O23S2/c1-6-40(2)47-31-44(78)34-69-61(85)43-29-48-46-9-10-55(91-5)49(38-99-28-8-7-13-68-57(83)12-15-93-17-19-95-21-23-97-25-27-98-26-24-96-22-20-94-18-16-92-14-11-41(3)77)60(46)74-65(48)100(90)39-51(71-58(84)35-70-62(47)86)63(87)72-50(33-56(67)82)66(89)75-36-45(79)32-52(75)64(88)73-59(53(80)30-43)42(4)54(81)37-76/h9-10,40,42-43,45,47,50-52,54,59,74,76,79,81H,6-8,11-39H2,1-5H3,(H2,67,82)(H,68,83)(H,69,85)(H,70,86)(H,71,84)(H,72,87)(H,73,88)/t40-,42-,43+,45+,47-,50-,51-,52-,54-,59-,100?/m0/s1. The molecule has 0 spiro atoms. The number of aliphatic hydroxyl groups is 3. The van der Waals surface area contributed by atoms with Gasteiger partial charge in [0.05, 0.1) is 166 Å². The zero-order valence-corrected chi connectivity index (χ0v) is 59.5. The van der Waals surface area contributed by atoms with Crippen molar-refractivity contribution in [1.29, 1.82) is 0 Å². The average Bonchev–Trinajstić information content (AvgIpc) is 1.61. The van der Waals surface area contributed by atoms with E-state index in [1.54, 1.807) is 26.0 Å². The van der Waals surface area contributed by atoms with Crippen molar-refractivity contribution < 1.29 is 110 Å². The van der Waals surface area contributed by atoms with E-state index in [0.29, 0.717) is 139 Å². The first-order chi connectivity index (χ1) is 48.0. The van der Waals surface area contributed by atoms with Crippen molar-refractivity contribution in [2.24, 2.45) is 29.4 Å². The lowest BCUT2D eigenvalue weighted by Crippen LogP contribution is -2.60. The van der Waals surface area contributed by atoms with E-state index in [1.807, 2.05) is 0 Å². The molecule has 0 saturated carbocycles. The summed E-state index contributed by atoms with van der Waals surface area (Å²) >= 11 is 1.51. The molecule has 100 heavy (non-hydrogen) atoms. The highest BCUT2D eigenvalue weighted by molar-refractivity contribution is 7.98. The maximum absolute atomic E-state index is 15.4. The Morgan fingerprint density at radius 2 is 1.36 bits per heavy atom. The Labute approximate surface area is 588 Å². The molecule has 12 N–H and O–H groups in total. The van der Waals surface area contributed by atoms with Gasteiger partial charge >= 0.3 is 0 Å². The highest BCUT2D eigenvalue weighted by Gasteiger charge is 2.45. The van der Waals surface area contributed by atoms with Crippen LogP contribution in [-0.4, -0.2) is 274 Å². The first-order valence-electron chi connectivity index (χ1n) is 34.0. The summed E-state index contributed by atoms with van der Waals surface area (Å²) in [4.78, 5) is 155. The average molecular weight is 1450 g/mol. The number of carbonyl (C=O) groups is 11. The van der Waals surface area contributed by atoms with E-state index in [1.165, 1.54) is 32.7 Å². The normalized spacial score (nSPS) is 22.6. The number of ether oxygens (including phenoxy) is 8. The van der Waals surface area contributed by atoms with Crippen molar-refractivity contribution in [3.63, 3.8) is 0 Å². The van der Waals surface area contributed by atoms with Gasteiger partial charge < -0.3 is 101 Å². The predicted molar refractivity (Wildman–Crippen MR) is 364 cm³/mol. The fourth-order valence-corrected chi connectivity index (χ4v) is 13.8. The second-order valence-corrected chi connectivity index (χ2v) is 27.3. The Bertz CT molecular complexity index is 3050. The van der Waals surface area contributed by atoms with Crippen LogP contribution in [0, 0.1) is 23.7 Å². The number of aliphatic hydroxyl groups excluding tert-OH is 3. The van der Waals surface area contributed by atoms with Gasteiger partial charge in [0.15, 0.2) is 11.6 Å². The van der Waals surface area contributed by atoms with Gasteiger partial charge in [-0.25, -0.2) is 0 Å². The highest BCUT2D eigenvalue weighted by atomic mass is 32.2. The molecule has 1 fully saturated rings. The van der Waals surface area contributed by atoms with Gasteiger partial charge in [0.1, 0.15) is 34.7 Å². The molecule has 3 aliphatic rings. The summed E-state index contributed by atoms with van der Waals surface area (Å²) in [6.07, 6.45) is -3.55. The molecular weight excluding hydrogens is 1350 g/mol. The number of nitrogens with zero attached hydrogens (tertiary/aromatic N) is 1. The molecule has 1 aromatic carbocycles. The van der Waals surface area contributed by atoms with Gasteiger partial charge in [0.25, 0.3) is 0 Å². The summed E-state index contributed by atoms with van der Waals surface area (Å²) in [5, 5.41) is 47.9. The third kappa shape index (κ3) is 28.3. The lowest BCUT2D eigenvalue weighted by molar-refractivity contribution is -0.144. The van der Waals surface area contributed by atoms with E-state index in [4.69, 9.17) is 43.6 Å². The smallest absolute Gasteiger partial charge is 0.246 e. The Hall–Kier alpha value is -6.57. The van der Waals surface area contributed by atoms with Crippen LogP contribution in [0.4, 0.5) is 0 Å². The molecule has 32 nitrogen and oxygen atoms in total. The van der Waals surface area contributed by atoms with E-state index in [2.05, 4.69) is 36.9 Å². The Morgan fingerprint density at radius 3 is 1.94 bits per heavy atom. The summed E-state index contributed by atoms with van der Waals surface area (Å²) in [6, 6.07) is -3.66. The van der Waals surface area contributed by atoms with E-state index < -0.39 is 181 Å². The fraction of sp³-hybridized carbons (Fsp3) is 0.712. The third-order valence-corrected chi connectivity index (χ3v) is 19.7. The van der Waals surface area contributed by atoms with Crippen LogP contribution in [0.1, 0.15) is 96.6 Å². The van der Waals surface area contributed by atoms with E-state index >= 15 is 9.00 Å². The van der Waals surface area contributed by atoms with Crippen molar-refractivity contribution in [1.82, 2.24) is 41.8 Å². The number of methoxy groups -OCH3 is 1. The largest absolute Gasteiger partial charge is 0.496 e. The minimum absolute atomic E-state index is 0.0857. The zero-order valence-electron chi connectivity index (χ0n) is 57.9. The molecule has 8 amide bonds. The summed E-state index contributed by atoms with van der Waals surface area (Å²) in [5.41, 5.74) is 6.75. The molecule has 2 aromatic rings. The number of primary amides is 1. The lowest BCUT2D eigenvalue weighted by Gasteiger charge is -2.32. The van der Waals surface area contributed by atoms with Crippen molar-refractivity contribution in [3.05, 3.63) is 23.3 Å². The molecule has 1 saturated heterocycles. The van der Waals surface area contributed by atoms with Crippen molar-refractivity contribution in [3.8, 4) is 5.75 Å². The Morgan fingerprint density at radius 1 is 0.760 bits per heavy atom. The number of thioether (sulfide) groups is 1. The summed E-state index contributed by atoms with van der Waals surface area (Å²) in [7, 11) is -0.961. The lowest BCUT2D eigenvalue weighted by atomic mass is 9.85. The highest BCUT2D eigenvalue weighted by Crippen LogP contribution is 2.37. The van der Waals surface area contributed by atoms with Gasteiger partial charge in [-0.05, 0) is 55.6 Å². The number of benzene rings is 1. The van der Waals surface area contributed by atoms with Gasteiger partial charge in [-0.3, -0.25) is 56.9 Å². The van der Waals surface area contributed by atoms with Gasteiger partial charge in [-0.1, -0.05) is 27.2 Å². The van der Waals surface area contributed by atoms with Gasteiger partial charge in [-0.15, -0.1) is 0 Å². The van der Waals surface area contributed by atoms with Crippen LogP contribution >= 0.6 is 11.8 Å². The van der Waals surface area contributed by atoms with E-state index in [9.17, 15) is 63.3 Å². The number of nitrogens with two attached hydrogens (primary N) is 1. The van der Waals surface area contributed by atoms with Crippen LogP contribution < -0.4 is 42.4 Å². The number of aromatic amines is 1. The number of Topliss-reactive ketones (excluding diaryl/α,β-unsaturated/α-hetero) is 3. The SMILES string of the molecule is CC[C@H](C)[C@@H]1CC(=O)CNC(=O)[C@H]2CC(=O)[C@H]([C@@H](C)[C@@H](O)CO)NC(=O)[C@@H]3C[C@@H](O)CN3C(=O)[C@H](CC(N)=O)NC(=O)[C@H](CS(=O)c3[nH]c4c(CSCCCCNC(=O)CCOCCOCCOCCOCCOCCOCCOCCC(C)=O)c(OC)ccc4c3C2)NC(=O)CNC1=O. The second-order valence-electron chi connectivity index (χ2n) is 24.8. The Balaban J connectivity index is 1.28. The first kappa shape index (κ1) is 84.1. The molecule has 1 aromatic heterocycles.